The minimum absolute atomic E-state index is 0.0633. The highest BCUT2D eigenvalue weighted by Crippen LogP contribution is 2.51. The third-order valence-electron chi connectivity index (χ3n) is 5.62. The summed E-state index contributed by atoms with van der Waals surface area (Å²) >= 11 is 8.00. The molecule has 1 aromatic heterocycles. The maximum absolute atomic E-state index is 13.2. The molecule has 11 heteroatoms. The van der Waals surface area contributed by atoms with Gasteiger partial charge in [0, 0.05) is 5.56 Å². The van der Waals surface area contributed by atoms with Gasteiger partial charge in [-0.25, -0.2) is 14.3 Å². The molecule has 0 spiro atoms. The minimum Gasteiger partial charge on any atom is -0.466 e. The van der Waals surface area contributed by atoms with Gasteiger partial charge < -0.3 is 15.2 Å². The molecular weight excluding hydrogens is 480 g/mol. The zero-order chi connectivity index (χ0) is 24.7. The molecule has 0 saturated carbocycles. The molecule has 1 fully saturated rings. The zero-order valence-electron chi connectivity index (χ0n) is 19.0. The van der Waals surface area contributed by atoms with E-state index in [-0.39, 0.29) is 34.6 Å². The number of aromatic nitrogens is 2. The van der Waals surface area contributed by atoms with E-state index < -0.39 is 23.1 Å². The summed E-state index contributed by atoms with van der Waals surface area (Å²) in [4.78, 5) is 40.4. The van der Waals surface area contributed by atoms with E-state index in [4.69, 9.17) is 26.8 Å². The van der Waals surface area contributed by atoms with Crippen LogP contribution in [0.5, 0.6) is 0 Å². The first-order valence-corrected chi connectivity index (χ1v) is 11.8. The van der Waals surface area contributed by atoms with Gasteiger partial charge in [-0.2, -0.15) is 5.10 Å². The molecule has 1 saturated heterocycles. The third kappa shape index (κ3) is 3.67. The van der Waals surface area contributed by atoms with Gasteiger partial charge in [0.05, 0.1) is 52.4 Å². The summed E-state index contributed by atoms with van der Waals surface area (Å²) < 4.78 is 11.9. The second kappa shape index (κ2) is 9.19. The number of fused-ring (bicyclic) bond motifs is 1. The number of nitrogens with zero attached hydrogens (tertiary/aromatic N) is 3. The van der Waals surface area contributed by atoms with Crippen LogP contribution in [0.1, 0.15) is 31.0 Å². The Labute approximate surface area is 205 Å². The van der Waals surface area contributed by atoms with Gasteiger partial charge in [0.1, 0.15) is 11.0 Å². The molecule has 3 heterocycles. The minimum atomic E-state index is -1.05. The number of carbonyl (C=O) groups excluding carboxylic acids is 3. The van der Waals surface area contributed by atoms with E-state index in [9.17, 15) is 14.4 Å². The van der Waals surface area contributed by atoms with Gasteiger partial charge in [-0.3, -0.25) is 9.69 Å². The molecular formula is C23H23ClN4O5S. The number of benzene rings is 1. The van der Waals surface area contributed by atoms with Gasteiger partial charge in [-0.05, 0) is 32.9 Å². The molecule has 9 nitrogen and oxygen atoms in total. The molecule has 1 amide bonds. The average molecular weight is 503 g/mol. The molecule has 34 heavy (non-hydrogen) atoms. The Balaban J connectivity index is 2.03. The van der Waals surface area contributed by atoms with Crippen molar-refractivity contribution < 1.29 is 23.9 Å². The molecule has 0 unspecified atom stereocenters. The molecule has 2 aliphatic rings. The molecule has 0 aliphatic carbocycles. The van der Waals surface area contributed by atoms with Gasteiger partial charge in [0.15, 0.2) is 0 Å². The van der Waals surface area contributed by atoms with Crippen LogP contribution < -0.4 is 5.73 Å². The number of ether oxygens (including phenoxy) is 2. The fraction of sp³-hybridized carbons (Fsp3) is 0.304. The van der Waals surface area contributed by atoms with Crippen LogP contribution in [0.3, 0.4) is 0 Å². The lowest BCUT2D eigenvalue weighted by molar-refractivity contribution is -0.139. The highest BCUT2D eigenvalue weighted by atomic mass is 35.5. The van der Waals surface area contributed by atoms with Crippen molar-refractivity contribution in [3.05, 3.63) is 68.7 Å². The second-order valence-corrected chi connectivity index (χ2v) is 9.32. The lowest BCUT2D eigenvalue weighted by Crippen LogP contribution is -2.40. The number of methoxy groups -OCH3 is 1. The van der Waals surface area contributed by atoms with Crippen LogP contribution in [0, 0.1) is 6.92 Å². The number of hydrogen-bond acceptors (Lipinski definition) is 8. The number of nitrogens with two attached hydrogens (primary N) is 1. The van der Waals surface area contributed by atoms with E-state index in [1.165, 1.54) is 28.5 Å². The second-order valence-electron chi connectivity index (χ2n) is 7.63. The normalized spacial score (nSPS) is 20.0. The van der Waals surface area contributed by atoms with Crippen LogP contribution in [0.25, 0.3) is 5.69 Å². The van der Waals surface area contributed by atoms with Gasteiger partial charge in [0.2, 0.25) is 5.91 Å². The highest BCUT2D eigenvalue weighted by molar-refractivity contribution is 8.04. The Morgan fingerprint density at radius 3 is 2.50 bits per heavy atom. The monoisotopic (exact) mass is 502 g/mol. The summed E-state index contributed by atoms with van der Waals surface area (Å²) in [5.41, 5.74) is 8.00. The SMILES string of the molecule is CCOC(=O)C1=C(N)N2C(=O)[C@@H](C)SC2=C(C(=O)OC)[C@H]1c1c(C)nn(-c2ccccc2)c1Cl. The fourth-order valence-electron chi connectivity index (χ4n) is 4.12. The van der Waals surface area contributed by atoms with Gasteiger partial charge in [-0.1, -0.05) is 41.6 Å². The van der Waals surface area contributed by atoms with Crippen LogP contribution in [0.2, 0.25) is 5.15 Å². The van der Waals surface area contributed by atoms with Crippen molar-refractivity contribution in [2.24, 2.45) is 5.73 Å². The molecule has 4 rings (SSSR count). The van der Waals surface area contributed by atoms with Crippen molar-refractivity contribution in [2.75, 3.05) is 13.7 Å². The first-order valence-electron chi connectivity index (χ1n) is 10.5. The van der Waals surface area contributed by atoms with Crippen molar-refractivity contribution in [1.29, 1.82) is 0 Å². The van der Waals surface area contributed by atoms with Crippen LogP contribution in [0.15, 0.2) is 52.3 Å². The maximum Gasteiger partial charge on any atom is 0.338 e. The number of rotatable bonds is 5. The Hall–Kier alpha value is -3.24. The zero-order valence-corrected chi connectivity index (χ0v) is 20.6. The lowest BCUT2D eigenvalue weighted by atomic mass is 9.82. The number of thioether (sulfide) groups is 1. The van der Waals surface area contributed by atoms with Crippen molar-refractivity contribution in [1.82, 2.24) is 14.7 Å². The summed E-state index contributed by atoms with van der Waals surface area (Å²) in [7, 11) is 1.23. The predicted molar refractivity (Wildman–Crippen MR) is 127 cm³/mol. The Morgan fingerprint density at radius 2 is 1.88 bits per heavy atom. The number of esters is 2. The first kappa shape index (κ1) is 23.9. The molecule has 2 N–H and O–H groups in total. The Kier molecular flexibility index (Phi) is 6.46. The number of hydrogen-bond donors (Lipinski definition) is 1. The standard InChI is InChI=1S/C23H23ClN4O5S/c1-5-33-23(31)16-15(14-11(2)26-28(18(14)24)13-9-7-6-8-10-13)17(22(30)32-4)21-27(19(16)25)20(29)12(3)34-21/h6-10,12,15H,5,25H2,1-4H3/t12-,15+/m1/s1. The molecule has 178 valence electrons. The molecule has 1 aromatic carbocycles. The van der Waals surface area contributed by atoms with E-state index >= 15 is 0 Å². The number of halogens is 1. The number of para-hydroxylation sites is 1. The van der Waals surface area contributed by atoms with Crippen LogP contribution in [-0.2, 0) is 23.9 Å². The third-order valence-corrected chi connectivity index (χ3v) is 7.17. The smallest absolute Gasteiger partial charge is 0.338 e. The van der Waals surface area contributed by atoms with Crippen LogP contribution in [0.4, 0.5) is 0 Å². The number of aryl methyl sites for hydroxylation is 1. The quantitative estimate of drug-likeness (QED) is 0.620. The molecule has 2 atom stereocenters. The van der Waals surface area contributed by atoms with E-state index in [0.717, 1.165) is 0 Å². The summed E-state index contributed by atoms with van der Waals surface area (Å²) in [6.45, 7) is 5.15. The lowest BCUT2D eigenvalue weighted by Gasteiger charge is -2.32. The van der Waals surface area contributed by atoms with Crippen molar-refractivity contribution >= 4 is 41.2 Å². The largest absolute Gasteiger partial charge is 0.466 e. The van der Waals surface area contributed by atoms with E-state index in [1.807, 2.05) is 30.3 Å². The average Bonchev–Trinajstić information content (AvgIpc) is 3.28. The topological polar surface area (TPSA) is 117 Å². The van der Waals surface area contributed by atoms with Crippen molar-refractivity contribution in [2.45, 2.75) is 31.9 Å². The van der Waals surface area contributed by atoms with Gasteiger partial charge in [0.25, 0.3) is 0 Å². The predicted octanol–water partition coefficient (Wildman–Crippen LogP) is 3.01. The van der Waals surface area contributed by atoms with Crippen LogP contribution in [-0.4, -0.2) is 51.5 Å². The molecule has 2 aromatic rings. The Bertz CT molecular complexity index is 1250. The first-order chi connectivity index (χ1) is 16.2. The molecule has 0 bridgehead atoms. The van der Waals surface area contributed by atoms with Crippen LogP contribution >= 0.6 is 23.4 Å². The van der Waals surface area contributed by atoms with Crippen molar-refractivity contribution in [3.63, 3.8) is 0 Å². The summed E-state index contributed by atoms with van der Waals surface area (Å²) in [6, 6.07) is 9.20. The fourth-order valence-corrected chi connectivity index (χ4v) is 5.66. The number of carbonyl (C=O) groups is 3. The molecule has 2 aliphatic heterocycles. The van der Waals surface area contributed by atoms with Gasteiger partial charge >= 0.3 is 11.9 Å². The van der Waals surface area contributed by atoms with E-state index in [1.54, 1.807) is 20.8 Å². The summed E-state index contributed by atoms with van der Waals surface area (Å²) in [5.74, 6) is -2.96. The van der Waals surface area contributed by atoms with E-state index in [2.05, 4.69) is 5.10 Å². The Morgan fingerprint density at radius 1 is 1.21 bits per heavy atom. The summed E-state index contributed by atoms with van der Waals surface area (Å²) in [6.07, 6.45) is 0. The van der Waals surface area contributed by atoms with Crippen molar-refractivity contribution in [3.8, 4) is 5.69 Å². The van der Waals surface area contributed by atoms with E-state index in [0.29, 0.717) is 22.0 Å². The maximum atomic E-state index is 13.2. The summed E-state index contributed by atoms with van der Waals surface area (Å²) in [5, 5.41) is 4.55. The number of amides is 1. The highest BCUT2D eigenvalue weighted by Gasteiger charge is 2.50. The van der Waals surface area contributed by atoms with Gasteiger partial charge in [-0.15, -0.1) is 0 Å². The molecule has 0 radical (unpaired) electrons.